The topological polar surface area (TPSA) is 94.3 Å². The van der Waals surface area contributed by atoms with Crippen molar-refractivity contribution in [2.24, 2.45) is 0 Å². The standard InChI is InChI=1S/C16H12N8/c1-3-9-17-13(5-1)16-21-23-24(22-16)12-7-8-15(19-11-12)20-14-6-2-4-10-18-14/h1-11H,(H,18,19,20). The Balaban J connectivity index is 1.54. The molecule has 0 amide bonds. The number of nitrogens with one attached hydrogen (secondary N) is 1. The first-order chi connectivity index (χ1) is 11.9. The summed E-state index contributed by atoms with van der Waals surface area (Å²) in [6.45, 7) is 0. The summed E-state index contributed by atoms with van der Waals surface area (Å²) in [5, 5.41) is 15.5. The zero-order valence-electron chi connectivity index (χ0n) is 12.5. The summed E-state index contributed by atoms with van der Waals surface area (Å²) in [5.41, 5.74) is 1.38. The Morgan fingerprint density at radius 3 is 2.33 bits per heavy atom. The highest BCUT2D eigenvalue weighted by Crippen LogP contribution is 2.14. The molecule has 0 bridgehead atoms. The largest absolute Gasteiger partial charge is 0.325 e. The summed E-state index contributed by atoms with van der Waals surface area (Å²) < 4.78 is 0. The van der Waals surface area contributed by atoms with Gasteiger partial charge in [0.25, 0.3) is 0 Å². The number of hydrogen-bond donors (Lipinski definition) is 1. The molecule has 4 rings (SSSR count). The van der Waals surface area contributed by atoms with Gasteiger partial charge in [-0.3, -0.25) is 4.98 Å². The van der Waals surface area contributed by atoms with Crippen LogP contribution in [0, 0.1) is 0 Å². The Morgan fingerprint density at radius 1 is 0.792 bits per heavy atom. The minimum Gasteiger partial charge on any atom is -0.325 e. The van der Waals surface area contributed by atoms with Crippen LogP contribution in [-0.4, -0.2) is 35.2 Å². The van der Waals surface area contributed by atoms with Crippen LogP contribution in [0.2, 0.25) is 0 Å². The van der Waals surface area contributed by atoms with E-state index in [4.69, 9.17) is 0 Å². The van der Waals surface area contributed by atoms with Crippen molar-refractivity contribution < 1.29 is 0 Å². The Labute approximate surface area is 137 Å². The SMILES string of the molecule is c1ccc(Nc2ccc(-n3nnc(-c4ccccn4)n3)cn2)nc1. The number of pyridine rings is 3. The van der Waals surface area contributed by atoms with E-state index in [9.17, 15) is 0 Å². The molecule has 1 N–H and O–H groups in total. The summed E-state index contributed by atoms with van der Waals surface area (Å²) in [7, 11) is 0. The van der Waals surface area contributed by atoms with Crippen molar-refractivity contribution in [3.63, 3.8) is 0 Å². The van der Waals surface area contributed by atoms with E-state index in [1.807, 2.05) is 48.5 Å². The third kappa shape index (κ3) is 2.93. The van der Waals surface area contributed by atoms with Crippen LogP contribution >= 0.6 is 0 Å². The maximum Gasteiger partial charge on any atom is 0.223 e. The molecule has 116 valence electrons. The van der Waals surface area contributed by atoms with Crippen LogP contribution in [0.1, 0.15) is 0 Å². The maximum absolute atomic E-state index is 4.34. The van der Waals surface area contributed by atoms with Crippen molar-refractivity contribution in [3.8, 4) is 17.2 Å². The Hall–Kier alpha value is -3.68. The third-order valence-corrected chi connectivity index (χ3v) is 3.21. The van der Waals surface area contributed by atoms with Gasteiger partial charge >= 0.3 is 0 Å². The van der Waals surface area contributed by atoms with Crippen molar-refractivity contribution >= 4 is 11.6 Å². The van der Waals surface area contributed by atoms with Crippen molar-refractivity contribution in [1.82, 2.24) is 35.2 Å². The van der Waals surface area contributed by atoms with Crippen molar-refractivity contribution in [2.45, 2.75) is 0 Å². The second kappa shape index (κ2) is 6.21. The van der Waals surface area contributed by atoms with Gasteiger partial charge < -0.3 is 5.32 Å². The summed E-state index contributed by atoms with van der Waals surface area (Å²) in [6, 6.07) is 14.9. The van der Waals surface area contributed by atoms with Crippen LogP contribution in [0.3, 0.4) is 0 Å². The normalized spacial score (nSPS) is 10.5. The summed E-state index contributed by atoms with van der Waals surface area (Å²) in [4.78, 5) is 14.2. The van der Waals surface area contributed by atoms with E-state index in [1.165, 1.54) is 4.80 Å². The second-order valence-corrected chi connectivity index (χ2v) is 4.86. The summed E-state index contributed by atoms with van der Waals surface area (Å²) >= 11 is 0. The molecule has 24 heavy (non-hydrogen) atoms. The van der Waals surface area contributed by atoms with Crippen molar-refractivity contribution in [1.29, 1.82) is 0 Å². The lowest BCUT2D eigenvalue weighted by molar-refractivity contribution is 0.717. The number of hydrogen-bond acceptors (Lipinski definition) is 7. The molecule has 4 heterocycles. The van der Waals surface area contributed by atoms with E-state index < -0.39 is 0 Å². The zero-order valence-corrected chi connectivity index (χ0v) is 12.5. The van der Waals surface area contributed by atoms with E-state index in [-0.39, 0.29) is 0 Å². The molecular formula is C16H12N8. The minimum absolute atomic E-state index is 0.464. The Morgan fingerprint density at radius 2 is 1.62 bits per heavy atom. The fourth-order valence-electron chi connectivity index (χ4n) is 2.07. The molecule has 0 spiro atoms. The molecule has 0 radical (unpaired) electrons. The van der Waals surface area contributed by atoms with Crippen molar-refractivity contribution in [3.05, 3.63) is 67.1 Å². The van der Waals surface area contributed by atoms with Gasteiger partial charge in [-0.1, -0.05) is 12.1 Å². The molecule has 0 aliphatic carbocycles. The number of rotatable bonds is 4. The van der Waals surface area contributed by atoms with Crippen LogP contribution in [0.5, 0.6) is 0 Å². The average molecular weight is 316 g/mol. The highest BCUT2D eigenvalue weighted by molar-refractivity contribution is 5.52. The molecule has 8 nitrogen and oxygen atoms in total. The lowest BCUT2D eigenvalue weighted by Gasteiger charge is -2.04. The molecule has 0 aliphatic rings. The molecule has 4 aromatic rings. The molecule has 0 saturated heterocycles. The van der Waals surface area contributed by atoms with Gasteiger partial charge in [-0.25, -0.2) is 9.97 Å². The van der Waals surface area contributed by atoms with E-state index >= 15 is 0 Å². The van der Waals surface area contributed by atoms with Crippen LogP contribution in [0.4, 0.5) is 11.6 Å². The van der Waals surface area contributed by atoms with Crippen LogP contribution < -0.4 is 5.32 Å². The van der Waals surface area contributed by atoms with E-state index in [0.717, 1.165) is 5.82 Å². The van der Waals surface area contributed by atoms with Gasteiger partial charge in [0.1, 0.15) is 23.0 Å². The van der Waals surface area contributed by atoms with Gasteiger partial charge in [0, 0.05) is 12.4 Å². The molecule has 0 fully saturated rings. The Kier molecular flexibility index (Phi) is 3.61. The van der Waals surface area contributed by atoms with Gasteiger partial charge in [0.05, 0.1) is 6.20 Å². The van der Waals surface area contributed by atoms with Crippen LogP contribution in [0.25, 0.3) is 17.2 Å². The molecular weight excluding hydrogens is 304 g/mol. The first-order valence-corrected chi connectivity index (χ1v) is 7.24. The maximum atomic E-state index is 4.34. The van der Waals surface area contributed by atoms with Crippen LogP contribution in [0.15, 0.2) is 67.1 Å². The van der Waals surface area contributed by atoms with E-state index in [1.54, 1.807) is 18.6 Å². The molecule has 8 heteroatoms. The first-order valence-electron chi connectivity index (χ1n) is 7.24. The molecule has 0 atom stereocenters. The number of tetrazole rings is 1. The van der Waals surface area contributed by atoms with E-state index in [2.05, 4.69) is 35.7 Å². The molecule has 4 aromatic heterocycles. The summed E-state index contributed by atoms with van der Waals surface area (Å²) in [5.74, 6) is 1.88. The Bertz CT molecular complexity index is 919. The highest BCUT2D eigenvalue weighted by Gasteiger charge is 2.08. The zero-order chi connectivity index (χ0) is 16.2. The molecule has 0 aliphatic heterocycles. The highest BCUT2D eigenvalue weighted by atomic mass is 15.6. The molecule has 0 saturated carbocycles. The fraction of sp³-hybridized carbons (Fsp3) is 0. The minimum atomic E-state index is 0.464. The van der Waals surface area contributed by atoms with Crippen molar-refractivity contribution in [2.75, 3.05) is 5.32 Å². The van der Waals surface area contributed by atoms with Gasteiger partial charge in [-0.2, -0.15) is 0 Å². The molecule has 0 unspecified atom stereocenters. The third-order valence-electron chi connectivity index (χ3n) is 3.21. The van der Waals surface area contributed by atoms with Gasteiger partial charge in [-0.05, 0) is 41.6 Å². The van der Waals surface area contributed by atoms with E-state index in [0.29, 0.717) is 23.0 Å². The lowest BCUT2D eigenvalue weighted by atomic mass is 10.3. The predicted molar refractivity (Wildman–Crippen MR) is 87.7 cm³/mol. The number of nitrogens with zero attached hydrogens (tertiary/aromatic N) is 7. The second-order valence-electron chi connectivity index (χ2n) is 4.86. The van der Waals surface area contributed by atoms with Gasteiger partial charge in [0.2, 0.25) is 5.82 Å². The predicted octanol–water partition coefficient (Wildman–Crippen LogP) is 2.26. The smallest absolute Gasteiger partial charge is 0.223 e. The van der Waals surface area contributed by atoms with Gasteiger partial charge in [0.15, 0.2) is 0 Å². The number of anilines is 2. The fourth-order valence-corrected chi connectivity index (χ4v) is 2.07. The van der Waals surface area contributed by atoms with Gasteiger partial charge in [-0.15, -0.1) is 15.0 Å². The number of aromatic nitrogens is 7. The van der Waals surface area contributed by atoms with Crippen LogP contribution in [-0.2, 0) is 0 Å². The molecule has 0 aromatic carbocycles. The quantitative estimate of drug-likeness (QED) is 0.617. The first kappa shape index (κ1) is 13.9. The lowest BCUT2D eigenvalue weighted by Crippen LogP contribution is -2.01. The average Bonchev–Trinajstić information content (AvgIpc) is 3.14. The summed E-state index contributed by atoms with van der Waals surface area (Å²) in [6.07, 6.45) is 5.07. The monoisotopic (exact) mass is 316 g/mol.